The molecule has 0 spiro atoms. The molecule has 2 aromatic rings. The average Bonchev–Trinajstić information content (AvgIpc) is 2.97. The average molecular weight is 346 g/mol. The van der Waals surface area contributed by atoms with Crippen LogP contribution in [0, 0.1) is 5.82 Å². The molecule has 2 atom stereocenters. The minimum absolute atomic E-state index is 0.110. The Labute approximate surface area is 136 Å². The molecule has 0 aliphatic carbocycles. The second-order valence-corrected chi connectivity index (χ2v) is 5.47. The number of hydrogen-bond donors (Lipinski definition) is 2. The van der Waals surface area contributed by atoms with Crippen LogP contribution in [0.2, 0.25) is 10.0 Å². The van der Waals surface area contributed by atoms with Crippen molar-refractivity contribution in [3.8, 4) is 0 Å². The third-order valence-electron chi connectivity index (χ3n) is 3.03. The van der Waals surface area contributed by atoms with Crippen molar-refractivity contribution >= 4 is 29.2 Å². The van der Waals surface area contributed by atoms with E-state index in [1.54, 1.807) is 13.8 Å². The first-order valence-electron chi connectivity index (χ1n) is 6.50. The summed E-state index contributed by atoms with van der Waals surface area (Å²) in [6, 6.07) is 1.09. The Morgan fingerprint density at radius 3 is 2.59 bits per heavy atom. The van der Waals surface area contributed by atoms with Gasteiger partial charge in [-0.3, -0.25) is 0 Å². The van der Waals surface area contributed by atoms with Crippen LogP contribution < -0.4 is 10.6 Å². The highest BCUT2D eigenvalue weighted by Crippen LogP contribution is 2.32. The fourth-order valence-corrected chi connectivity index (χ4v) is 2.65. The summed E-state index contributed by atoms with van der Waals surface area (Å²) in [6.07, 6.45) is 2.90. The van der Waals surface area contributed by atoms with Gasteiger partial charge >= 0.3 is 6.03 Å². The van der Waals surface area contributed by atoms with Gasteiger partial charge in [0.2, 0.25) is 5.89 Å². The lowest BCUT2D eigenvalue weighted by Crippen LogP contribution is -2.38. The van der Waals surface area contributed by atoms with Crippen molar-refractivity contribution in [3.63, 3.8) is 0 Å². The van der Waals surface area contributed by atoms with Crippen LogP contribution >= 0.6 is 23.2 Å². The van der Waals surface area contributed by atoms with E-state index in [1.165, 1.54) is 24.6 Å². The van der Waals surface area contributed by atoms with E-state index >= 15 is 0 Å². The van der Waals surface area contributed by atoms with Crippen molar-refractivity contribution in [1.29, 1.82) is 0 Å². The second kappa shape index (κ2) is 6.98. The Morgan fingerprint density at radius 2 is 1.95 bits per heavy atom. The molecule has 1 heterocycles. The van der Waals surface area contributed by atoms with E-state index < -0.39 is 23.9 Å². The van der Waals surface area contributed by atoms with Gasteiger partial charge in [0.05, 0.1) is 17.3 Å². The zero-order chi connectivity index (χ0) is 16.3. The van der Waals surface area contributed by atoms with Crippen molar-refractivity contribution in [2.75, 3.05) is 0 Å². The zero-order valence-corrected chi connectivity index (χ0v) is 13.4. The number of carbonyl (C=O) groups excluding carboxylic acids is 1. The highest BCUT2D eigenvalue weighted by Gasteiger charge is 2.20. The molecule has 2 N–H and O–H groups in total. The zero-order valence-electron chi connectivity index (χ0n) is 11.9. The maximum absolute atomic E-state index is 13.5. The molecule has 118 valence electrons. The lowest BCUT2D eigenvalue weighted by molar-refractivity contribution is 0.232. The minimum atomic E-state index is -0.594. The number of nitrogens with zero attached hydrogens (tertiary/aromatic N) is 1. The van der Waals surface area contributed by atoms with Gasteiger partial charge in [0.1, 0.15) is 18.1 Å². The van der Waals surface area contributed by atoms with Crippen LogP contribution in [-0.4, -0.2) is 11.0 Å². The summed E-state index contributed by atoms with van der Waals surface area (Å²) in [5.74, 6) is -0.215. The van der Waals surface area contributed by atoms with Gasteiger partial charge in [0.25, 0.3) is 0 Å². The molecule has 0 aliphatic rings. The van der Waals surface area contributed by atoms with E-state index in [4.69, 9.17) is 27.6 Å². The maximum atomic E-state index is 13.5. The molecule has 1 aromatic heterocycles. The lowest BCUT2D eigenvalue weighted by atomic mass is 10.1. The van der Waals surface area contributed by atoms with E-state index in [0.29, 0.717) is 11.5 Å². The molecular formula is C14H14Cl2FN3O2. The van der Waals surface area contributed by atoms with Crippen LogP contribution in [0.1, 0.15) is 37.4 Å². The van der Waals surface area contributed by atoms with Crippen LogP contribution in [0.15, 0.2) is 29.0 Å². The predicted octanol–water partition coefficient (Wildman–Crippen LogP) is 4.24. The summed E-state index contributed by atoms with van der Waals surface area (Å²) >= 11 is 11.9. The van der Waals surface area contributed by atoms with Gasteiger partial charge in [0.15, 0.2) is 0 Å². The van der Waals surface area contributed by atoms with Gasteiger partial charge in [-0.15, -0.1) is 0 Å². The first-order chi connectivity index (χ1) is 10.4. The molecule has 8 heteroatoms. The monoisotopic (exact) mass is 345 g/mol. The van der Waals surface area contributed by atoms with E-state index in [2.05, 4.69) is 15.6 Å². The van der Waals surface area contributed by atoms with E-state index in [-0.39, 0.29) is 10.0 Å². The molecule has 1 aromatic carbocycles. The van der Waals surface area contributed by atoms with Gasteiger partial charge < -0.3 is 15.1 Å². The van der Waals surface area contributed by atoms with Crippen molar-refractivity contribution in [1.82, 2.24) is 15.6 Å². The Balaban J connectivity index is 2.04. The number of nitrogens with one attached hydrogen (secondary N) is 2. The van der Waals surface area contributed by atoms with Crippen LogP contribution in [0.25, 0.3) is 0 Å². The summed E-state index contributed by atoms with van der Waals surface area (Å²) < 4.78 is 18.6. The third-order valence-corrected chi connectivity index (χ3v) is 3.74. The molecule has 0 saturated carbocycles. The van der Waals surface area contributed by atoms with Crippen LogP contribution in [0.4, 0.5) is 9.18 Å². The first-order valence-corrected chi connectivity index (χ1v) is 7.25. The number of oxazole rings is 1. The number of aromatic nitrogens is 1. The Morgan fingerprint density at radius 1 is 1.27 bits per heavy atom. The summed E-state index contributed by atoms with van der Waals surface area (Å²) in [7, 11) is 0. The highest BCUT2D eigenvalue weighted by molar-refractivity contribution is 6.36. The standard InChI is InChI=1S/C14H14Cl2FN3O2/c1-7(11-9(15)3-4-10(17)12(11)16)19-14(21)20-8(2)13-18-5-6-22-13/h3-8H,1-2H3,(H2,19,20,21). The van der Waals surface area contributed by atoms with Crippen LogP contribution in [0.3, 0.4) is 0 Å². The van der Waals surface area contributed by atoms with Crippen molar-refractivity contribution < 1.29 is 13.6 Å². The van der Waals surface area contributed by atoms with Gasteiger partial charge in [-0.05, 0) is 26.0 Å². The molecule has 0 saturated heterocycles. The van der Waals surface area contributed by atoms with Crippen molar-refractivity contribution in [2.24, 2.45) is 0 Å². The number of rotatable bonds is 4. The van der Waals surface area contributed by atoms with Gasteiger partial charge in [-0.25, -0.2) is 14.2 Å². The molecule has 2 unspecified atom stereocenters. The number of carbonyl (C=O) groups is 1. The summed E-state index contributed by atoms with van der Waals surface area (Å²) in [5, 5.41) is 5.46. The Bertz CT molecular complexity index is 664. The first kappa shape index (κ1) is 16.6. The summed E-state index contributed by atoms with van der Waals surface area (Å²) in [4.78, 5) is 15.9. The van der Waals surface area contributed by atoms with Gasteiger partial charge in [-0.2, -0.15) is 0 Å². The Kier molecular flexibility index (Phi) is 5.26. The molecule has 5 nitrogen and oxygen atoms in total. The number of hydrogen-bond acceptors (Lipinski definition) is 3. The van der Waals surface area contributed by atoms with Crippen molar-refractivity contribution in [2.45, 2.75) is 25.9 Å². The van der Waals surface area contributed by atoms with Crippen LogP contribution in [-0.2, 0) is 0 Å². The molecule has 0 radical (unpaired) electrons. The number of urea groups is 1. The van der Waals surface area contributed by atoms with Gasteiger partial charge in [0, 0.05) is 10.6 Å². The molecule has 2 rings (SSSR count). The lowest BCUT2D eigenvalue weighted by Gasteiger charge is -2.19. The second-order valence-electron chi connectivity index (χ2n) is 4.69. The summed E-state index contributed by atoms with van der Waals surface area (Å²) in [6.45, 7) is 3.38. The van der Waals surface area contributed by atoms with Crippen LogP contribution in [0.5, 0.6) is 0 Å². The predicted molar refractivity (Wildman–Crippen MR) is 81.4 cm³/mol. The largest absolute Gasteiger partial charge is 0.447 e. The third kappa shape index (κ3) is 3.69. The molecule has 0 aliphatic heterocycles. The quantitative estimate of drug-likeness (QED) is 0.814. The smallest absolute Gasteiger partial charge is 0.315 e. The van der Waals surface area contributed by atoms with Gasteiger partial charge in [-0.1, -0.05) is 23.2 Å². The van der Waals surface area contributed by atoms with Crippen molar-refractivity contribution in [3.05, 3.63) is 51.9 Å². The fourth-order valence-electron chi connectivity index (χ4n) is 1.96. The van der Waals surface area contributed by atoms with E-state index in [1.807, 2.05) is 0 Å². The molecule has 0 fully saturated rings. The number of amides is 2. The number of halogens is 3. The summed E-state index contributed by atoms with van der Waals surface area (Å²) in [5.41, 5.74) is 0.322. The molecular weight excluding hydrogens is 332 g/mol. The highest BCUT2D eigenvalue weighted by atomic mass is 35.5. The normalized spacial score (nSPS) is 13.5. The fraction of sp³-hybridized carbons (Fsp3) is 0.286. The Hall–Kier alpha value is -1.79. The van der Waals surface area contributed by atoms with E-state index in [9.17, 15) is 9.18 Å². The van der Waals surface area contributed by atoms with E-state index in [0.717, 1.165) is 0 Å². The molecule has 0 bridgehead atoms. The topological polar surface area (TPSA) is 67.2 Å². The number of benzene rings is 1. The SMILES string of the molecule is CC(NC(=O)NC(C)c1c(Cl)ccc(F)c1Cl)c1ncco1. The minimum Gasteiger partial charge on any atom is -0.447 e. The maximum Gasteiger partial charge on any atom is 0.315 e. The molecule has 2 amide bonds. The molecule has 22 heavy (non-hydrogen) atoms.